The fraction of sp³-hybridized carbons (Fsp3) is 0.0435. The smallest absolute Gasteiger partial charge is 0.0606 e. The Bertz CT molecular complexity index is 933. The summed E-state index contributed by atoms with van der Waals surface area (Å²) >= 11 is 0. The summed E-state index contributed by atoms with van der Waals surface area (Å²) in [6.07, 6.45) is 2.16. The van der Waals surface area contributed by atoms with Crippen molar-refractivity contribution in [1.29, 1.82) is 0 Å². The molecule has 0 fully saturated rings. The van der Waals surface area contributed by atoms with Gasteiger partial charge in [0.05, 0.1) is 5.69 Å². The van der Waals surface area contributed by atoms with Gasteiger partial charge < -0.3 is 4.57 Å². The second kappa shape index (κ2) is 6.21. The highest BCUT2D eigenvalue weighted by atomic mass is 15.0. The Hall–Kier alpha value is -3.06. The van der Waals surface area contributed by atoms with Crippen molar-refractivity contribution in [2.24, 2.45) is 0 Å². The fourth-order valence-corrected chi connectivity index (χ4v) is 3.09. The molecule has 0 aliphatic heterocycles. The van der Waals surface area contributed by atoms with Gasteiger partial charge in [-0.2, -0.15) is 0 Å². The normalized spacial score (nSPS) is 10.7. The largest absolute Gasteiger partial charge is 0.316 e. The first-order chi connectivity index (χ1) is 11.8. The zero-order valence-electron chi connectivity index (χ0n) is 13.7. The zero-order chi connectivity index (χ0) is 16.4. The molecule has 0 spiro atoms. The molecule has 4 rings (SSSR count). The van der Waals surface area contributed by atoms with Crippen LogP contribution < -0.4 is 0 Å². The quantitative estimate of drug-likeness (QED) is 0.429. The molecule has 0 saturated carbocycles. The molecular weight excluding hydrogens is 290 g/mol. The lowest BCUT2D eigenvalue weighted by Gasteiger charge is -2.13. The minimum Gasteiger partial charge on any atom is -0.316 e. The first-order valence-electron chi connectivity index (χ1n) is 8.22. The molecule has 24 heavy (non-hydrogen) atoms. The molecule has 1 nitrogen and oxygen atoms in total. The molecular formula is C23H19N. The third-order valence-electron chi connectivity index (χ3n) is 4.33. The number of rotatable bonds is 3. The lowest BCUT2D eigenvalue weighted by molar-refractivity contribution is 1.09. The van der Waals surface area contributed by atoms with Gasteiger partial charge in [0.15, 0.2) is 0 Å². The van der Waals surface area contributed by atoms with Gasteiger partial charge in [0.25, 0.3) is 0 Å². The Labute approximate surface area is 142 Å². The molecule has 0 atom stereocenters. The average molecular weight is 309 g/mol. The maximum absolute atomic E-state index is 2.27. The van der Waals surface area contributed by atoms with Crippen LogP contribution >= 0.6 is 0 Å². The summed E-state index contributed by atoms with van der Waals surface area (Å²) in [6.45, 7) is 2.12. The highest BCUT2D eigenvalue weighted by molar-refractivity contribution is 5.83. The van der Waals surface area contributed by atoms with Gasteiger partial charge in [-0.25, -0.2) is 0 Å². The molecule has 4 aromatic rings. The lowest BCUT2D eigenvalue weighted by atomic mass is 10.0. The van der Waals surface area contributed by atoms with E-state index in [2.05, 4.69) is 109 Å². The van der Waals surface area contributed by atoms with Gasteiger partial charge in [0, 0.05) is 17.4 Å². The molecule has 0 radical (unpaired) electrons. The summed E-state index contributed by atoms with van der Waals surface area (Å²) in [6, 6.07) is 32.0. The summed E-state index contributed by atoms with van der Waals surface area (Å²) in [4.78, 5) is 0. The predicted octanol–water partition coefficient (Wildman–Crippen LogP) is 6.12. The molecule has 0 saturated heterocycles. The predicted molar refractivity (Wildman–Crippen MR) is 101 cm³/mol. The molecule has 0 aliphatic carbocycles. The van der Waals surface area contributed by atoms with Crippen LogP contribution in [0.4, 0.5) is 0 Å². The summed E-state index contributed by atoms with van der Waals surface area (Å²) < 4.78 is 2.27. The van der Waals surface area contributed by atoms with E-state index >= 15 is 0 Å². The molecule has 0 amide bonds. The Morgan fingerprint density at radius 3 is 1.79 bits per heavy atom. The van der Waals surface area contributed by atoms with E-state index in [1.165, 1.54) is 33.6 Å². The molecule has 116 valence electrons. The van der Waals surface area contributed by atoms with Crippen molar-refractivity contribution >= 4 is 0 Å². The Kier molecular flexibility index (Phi) is 3.76. The topological polar surface area (TPSA) is 4.93 Å². The van der Waals surface area contributed by atoms with E-state index in [9.17, 15) is 0 Å². The second-order valence-corrected chi connectivity index (χ2v) is 6.02. The highest BCUT2D eigenvalue weighted by Crippen LogP contribution is 2.35. The van der Waals surface area contributed by atoms with Crippen molar-refractivity contribution in [1.82, 2.24) is 4.57 Å². The number of hydrogen-bond donors (Lipinski definition) is 0. The number of aryl methyl sites for hydroxylation is 1. The molecule has 0 bridgehead atoms. The lowest BCUT2D eigenvalue weighted by Crippen LogP contribution is -1.96. The molecule has 1 heteroatoms. The van der Waals surface area contributed by atoms with Crippen LogP contribution in [0.15, 0.2) is 97.2 Å². The van der Waals surface area contributed by atoms with E-state index < -0.39 is 0 Å². The van der Waals surface area contributed by atoms with Crippen molar-refractivity contribution in [3.05, 3.63) is 103 Å². The van der Waals surface area contributed by atoms with E-state index in [1.807, 2.05) is 0 Å². The van der Waals surface area contributed by atoms with Gasteiger partial charge in [-0.3, -0.25) is 0 Å². The van der Waals surface area contributed by atoms with Crippen LogP contribution in [0.5, 0.6) is 0 Å². The van der Waals surface area contributed by atoms with E-state index in [0.717, 1.165) is 0 Å². The van der Waals surface area contributed by atoms with Gasteiger partial charge in [-0.15, -0.1) is 0 Å². The third-order valence-corrected chi connectivity index (χ3v) is 4.33. The first kappa shape index (κ1) is 14.5. The molecule has 1 aromatic heterocycles. The molecule has 0 unspecified atom stereocenters. The standard InChI is InChI=1S/C23H19N/c1-18-12-14-21(15-13-18)24-17-16-22(19-8-4-2-5-9-19)23(24)20-10-6-3-7-11-20/h2-17H,1H3. The summed E-state index contributed by atoms with van der Waals surface area (Å²) in [5, 5.41) is 0. The van der Waals surface area contributed by atoms with Gasteiger partial charge in [0.1, 0.15) is 0 Å². The van der Waals surface area contributed by atoms with E-state index in [0.29, 0.717) is 0 Å². The van der Waals surface area contributed by atoms with Gasteiger partial charge in [-0.05, 0) is 36.2 Å². The van der Waals surface area contributed by atoms with E-state index in [4.69, 9.17) is 0 Å². The maximum Gasteiger partial charge on any atom is 0.0606 e. The summed E-state index contributed by atoms with van der Waals surface area (Å²) in [5.41, 5.74) is 7.40. The van der Waals surface area contributed by atoms with E-state index in [-0.39, 0.29) is 0 Å². The van der Waals surface area contributed by atoms with Crippen LogP contribution in [0.25, 0.3) is 28.1 Å². The maximum atomic E-state index is 2.27. The highest BCUT2D eigenvalue weighted by Gasteiger charge is 2.13. The number of nitrogens with zero attached hydrogens (tertiary/aromatic N) is 1. The van der Waals surface area contributed by atoms with Crippen LogP contribution in [0.3, 0.4) is 0 Å². The fourth-order valence-electron chi connectivity index (χ4n) is 3.09. The van der Waals surface area contributed by atoms with Crippen molar-refractivity contribution in [3.63, 3.8) is 0 Å². The zero-order valence-corrected chi connectivity index (χ0v) is 13.7. The summed E-state index contributed by atoms with van der Waals surface area (Å²) in [5.74, 6) is 0. The molecule has 0 N–H and O–H groups in total. The Morgan fingerprint density at radius 2 is 1.17 bits per heavy atom. The third kappa shape index (κ3) is 2.65. The van der Waals surface area contributed by atoms with Crippen LogP contribution in [0.1, 0.15) is 5.56 Å². The molecule has 0 aliphatic rings. The van der Waals surface area contributed by atoms with Crippen molar-refractivity contribution in [3.8, 4) is 28.1 Å². The number of benzene rings is 3. The van der Waals surface area contributed by atoms with Crippen LogP contribution in [-0.4, -0.2) is 4.57 Å². The summed E-state index contributed by atoms with van der Waals surface area (Å²) in [7, 11) is 0. The minimum absolute atomic E-state index is 1.18. The number of hydrogen-bond acceptors (Lipinski definition) is 0. The van der Waals surface area contributed by atoms with Gasteiger partial charge in [0.2, 0.25) is 0 Å². The second-order valence-electron chi connectivity index (χ2n) is 6.02. The van der Waals surface area contributed by atoms with Crippen molar-refractivity contribution < 1.29 is 0 Å². The van der Waals surface area contributed by atoms with Gasteiger partial charge in [-0.1, -0.05) is 78.4 Å². The minimum atomic E-state index is 1.18. The van der Waals surface area contributed by atoms with Crippen LogP contribution in [0.2, 0.25) is 0 Å². The van der Waals surface area contributed by atoms with Crippen LogP contribution in [0, 0.1) is 6.92 Å². The Morgan fingerprint density at radius 1 is 0.583 bits per heavy atom. The SMILES string of the molecule is Cc1ccc(-n2ccc(-c3ccccc3)c2-c2ccccc2)cc1. The molecule has 3 aromatic carbocycles. The average Bonchev–Trinajstić information content (AvgIpc) is 3.09. The van der Waals surface area contributed by atoms with Gasteiger partial charge >= 0.3 is 0 Å². The monoisotopic (exact) mass is 309 g/mol. The first-order valence-corrected chi connectivity index (χ1v) is 8.22. The van der Waals surface area contributed by atoms with Crippen molar-refractivity contribution in [2.75, 3.05) is 0 Å². The van der Waals surface area contributed by atoms with Crippen LogP contribution in [-0.2, 0) is 0 Å². The number of aromatic nitrogens is 1. The molecule has 1 heterocycles. The van der Waals surface area contributed by atoms with E-state index in [1.54, 1.807) is 0 Å². The Balaban J connectivity index is 1.95. The van der Waals surface area contributed by atoms with Crippen molar-refractivity contribution in [2.45, 2.75) is 6.92 Å².